The lowest BCUT2D eigenvalue weighted by molar-refractivity contribution is -0.133. The molecule has 2 aromatic carbocycles. The Hall–Kier alpha value is -3.12. The summed E-state index contributed by atoms with van der Waals surface area (Å²) in [5, 5.41) is 4.94. The normalized spacial score (nSPS) is 18.2. The number of hydrogen-bond donors (Lipinski definition) is 1. The number of hydrogen-bond acceptors (Lipinski definition) is 4. The van der Waals surface area contributed by atoms with Crippen LogP contribution in [0.25, 0.3) is 10.4 Å². The summed E-state index contributed by atoms with van der Waals surface area (Å²) in [6.45, 7) is 1.03. The Kier molecular flexibility index (Phi) is 6.61. The third-order valence-electron chi connectivity index (χ3n) is 6.22. The van der Waals surface area contributed by atoms with Crippen LogP contribution in [0.4, 0.5) is 0 Å². The molecule has 2 amide bonds. The lowest BCUT2D eigenvalue weighted by atomic mass is 9.73. The van der Waals surface area contributed by atoms with Gasteiger partial charge in [-0.25, -0.2) is 0 Å². The number of benzene rings is 2. The van der Waals surface area contributed by atoms with E-state index in [1.807, 2.05) is 35.2 Å². The molecule has 3 aromatic rings. The number of amides is 2. The molecule has 0 aliphatic carbocycles. The number of likely N-dealkylation sites (tertiary alicyclic amines) is 1. The highest BCUT2D eigenvalue weighted by Gasteiger charge is 2.43. The van der Waals surface area contributed by atoms with E-state index in [0.717, 1.165) is 24.0 Å². The Morgan fingerprint density at radius 3 is 2.72 bits per heavy atom. The van der Waals surface area contributed by atoms with Gasteiger partial charge in [0, 0.05) is 30.6 Å². The monoisotopic (exact) mass is 448 g/mol. The molecule has 32 heavy (non-hydrogen) atoms. The van der Waals surface area contributed by atoms with Crippen molar-refractivity contribution in [2.24, 2.45) is 5.41 Å². The van der Waals surface area contributed by atoms with Gasteiger partial charge >= 0.3 is 0 Å². The van der Waals surface area contributed by atoms with Crippen LogP contribution in [0.5, 0.6) is 5.75 Å². The SMILES string of the molecule is CNC(=O)[C@]1(Cc2ccccc2-c2cccs2)CCCN(C(=O)c2cccc(OC)c2)C1. The summed E-state index contributed by atoms with van der Waals surface area (Å²) < 4.78 is 5.28. The van der Waals surface area contributed by atoms with Gasteiger partial charge < -0.3 is 15.0 Å². The first kappa shape index (κ1) is 22.1. The standard InChI is InChI=1S/C26H28N2O3S/c1-27-25(30)26(17-20-8-3-4-11-22(20)23-12-6-15-32-23)13-7-14-28(18-26)24(29)19-9-5-10-21(16-19)31-2/h3-6,8-12,15-16H,7,13-14,17-18H2,1-2H3,(H,27,30)/t26-/m0/s1. The molecule has 0 spiro atoms. The molecule has 1 aromatic heterocycles. The third-order valence-corrected chi connectivity index (χ3v) is 7.13. The van der Waals surface area contributed by atoms with Gasteiger partial charge in [-0.2, -0.15) is 0 Å². The smallest absolute Gasteiger partial charge is 0.254 e. The van der Waals surface area contributed by atoms with E-state index in [9.17, 15) is 9.59 Å². The summed E-state index contributed by atoms with van der Waals surface area (Å²) in [4.78, 5) is 29.6. The lowest BCUT2D eigenvalue weighted by Crippen LogP contribution is -2.54. The van der Waals surface area contributed by atoms with E-state index in [1.54, 1.807) is 37.6 Å². The van der Waals surface area contributed by atoms with Crippen LogP contribution < -0.4 is 10.1 Å². The molecule has 0 unspecified atom stereocenters. The fourth-order valence-electron chi connectivity index (χ4n) is 4.63. The average Bonchev–Trinajstić information content (AvgIpc) is 3.38. The molecule has 0 bridgehead atoms. The molecule has 0 radical (unpaired) electrons. The highest BCUT2D eigenvalue weighted by atomic mass is 32.1. The van der Waals surface area contributed by atoms with E-state index in [2.05, 4.69) is 28.9 Å². The summed E-state index contributed by atoms with van der Waals surface area (Å²) in [5.41, 5.74) is 2.20. The maximum Gasteiger partial charge on any atom is 0.254 e. The molecule has 1 fully saturated rings. The van der Waals surface area contributed by atoms with Crippen LogP contribution in [0, 0.1) is 5.41 Å². The van der Waals surface area contributed by atoms with Crippen molar-refractivity contribution in [2.45, 2.75) is 19.3 Å². The van der Waals surface area contributed by atoms with Gasteiger partial charge in [0.1, 0.15) is 5.75 Å². The molecule has 6 heteroatoms. The highest BCUT2D eigenvalue weighted by molar-refractivity contribution is 7.13. The number of methoxy groups -OCH3 is 1. The van der Waals surface area contributed by atoms with Gasteiger partial charge in [-0.1, -0.05) is 36.4 Å². The molecule has 0 saturated carbocycles. The van der Waals surface area contributed by atoms with Crippen LogP contribution in [-0.4, -0.2) is 44.0 Å². The van der Waals surface area contributed by atoms with E-state index < -0.39 is 5.41 Å². The van der Waals surface area contributed by atoms with Crippen molar-refractivity contribution in [3.63, 3.8) is 0 Å². The van der Waals surface area contributed by atoms with Crippen molar-refractivity contribution in [2.75, 3.05) is 27.2 Å². The predicted molar refractivity (Wildman–Crippen MR) is 128 cm³/mol. The zero-order valence-corrected chi connectivity index (χ0v) is 19.3. The van der Waals surface area contributed by atoms with Crippen LogP contribution in [0.15, 0.2) is 66.0 Å². The van der Waals surface area contributed by atoms with E-state index in [0.29, 0.717) is 30.8 Å². The zero-order valence-electron chi connectivity index (χ0n) is 18.5. The fourth-order valence-corrected chi connectivity index (χ4v) is 5.42. The largest absolute Gasteiger partial charge is 0.497 e. The zero-order chi connectivity index (χ0) is 22.6. The first-order chi connectivity index (χ1) is 15.6. The quantitative estimate of drug-likeness (QED) is 0.598. The number of nitrogens with zero attached hydrogens (tertiary/aromatic N) is 1. The molecule has 2 heterocycles. The minimum atomic E-state index is -0.672. The van der Waals surface area contributed by atoms with Crippen LogP contribution >= 0.6 is 11.3 Å². The van der Waals surface area contributed by atoms with Gasteiger partial charge in [0.05, 0.1) is 12.5 Å². The first-order valence-corrected chi connectivity index (χ1v) is 11.7. The average molecular weight is 449 g/mol. The molecule has 1 N–H and O–H groups in total. The number of nitrogens with one attached hydrogen (secondary N) is 1. The van der Waals surface area contributed by atoms with Crippen molar-refractivity contribution in [3.8, 4) is 16.2 Å². The van der Waals surface area contributed by atoms with Crippen LogP contribution in [0.3, 0.4) is 0 Å². The van der Waals surface area contributed by atoms with Gasteiger partial charge in [0.2, 0.25) is 5.91 Å². The number of piperidine rings is 1. The highest BCUT2D eigenvalue weighted by Crippen LogP contribution is 2.38. The van der Waals surface area contributed by atoms with Crippen molar-refractivity contribution < 1.29 is 14.3 Å². The second kappa shape index (κ2) is 9.57. The van der Waals surface area contributed by atoms with E-state index in [1.165, 1.54) is 4.88 Å². The second-order valence-corrected chi connectivity index (χ2v) is 9.18. The molecular weight excluding hydrogens is 420 g/mol. The van der Waals surface area contributed by atoms with Gasteiger partial charge in [0.25, 0.3) is 5.91 Å². The number of ether oxygens (including phenoxy) is 1. The van der Waals surface area contributed by atoms with Crippen molar-refractivity contribution >= 4 is 23.2 Å². The van der Waals surface area contributed by atoms with Crippen LogP contribution in [0.2, 0.25) is 0 Å². The minimum absolute atomic E-state index is 0.0124. The van der Waals surface area contributed by atoms with Gasteiger partial charge in [-0.3, -0.25) is 9.59 Å². The van der Waals surface area contributed by atoms with Crippen molar-refractivity contribution in [1.82, 2.24) is 10.2 Å². The molecule has 1 aliphatic rings. The number of rotatable bonds is 6. The Balaban J connectivity index is 1.65. The summed E-state index contributed by atoms with van der Waals surface area (Å²) in [7, 11) is 3.27. The molecule has 166 valence electrons. The van der Waals surface area contributed by atoms with Gasteiger partial charge in [-0.15, -0.1) is 11.3 Å². The fraction of sp³-hybridized carbons (Fsp3) is 0.308. The predicted octanol–water partition coefficient (Wildman–Crippen LogP) is 4.63. The maximum absolute atomic E-state index is 13.3. The molecule has 1 atom stereocenters. The summed E-state index contributed by atoms with van der Waals surface area (Å²) in [6, 6.07) is 19.6. The number of carbonyl (C=O) groups is 2. The van der Waals surface area contributed by atoms with Crippen molar-refractivity contribution in [3.05, 3.63) is 77.2 Å². The lowest BCUT2D eigenvalue weighted by Gasteiger charge is -2.42. The summed E-state index contributed by atoms with van der Waals surface area (Å²) in [6.07, 6.45) is 2.11. The summed E-state index contributed by atoms with van der Waals surface area (Å²) >= 11 is 1.69. The number of thiophene rings is 1. The molecule has 4 rings (SSSR count). The molecule has 1 aliphatic heterocycles. The Labute approximate surface area is 193 Å². The topological polar surface area (TPSA) is 58.6 Å². The van der Waals surface area contributed by atoms with E-state index >= 15 is 0 Å². The first-order valence-electron chi connectivity index (χ1n) is 10.8. The minimum Gasteiger partial charge on any atom is -0.497 e. The Morgan fingerprint density at radius 1 is 1.12 bits per heavy atom. The molecular formula is C26H28N2O3S. The maximum atomic E-state index is 13.3. The molecule has 1 saturated heterocycles. The van der Waals surface area contributed by atoms with Crippen molar-refractivity contribution in [1.29, 1.82) is 0 Å². The van der Waals surface area contributed by atoms with Crippen LogP contribution in [-0.2, 0) is 11.2 Å². The Morgan fingerprint density at radius 2 is 1.97 bits per heavy atom. The van der Waals surface area contributed by atoms with E-state index in [4.69, 9.17) is 4.74 Å². The van der Waals surface area contributed by atoms with Gasteiger partial charge in [0.15, 0.2) is 0 Å². The molecule has 5 nitrogen and oxygen atoms in total. The number of carbonyl (C=O) groups excluding carboxylic acids is 2. The van der Waals surface area contributed by atoms with Gasteiger partial charge in [-0.05, 0) is 60.0 Å². The van der Waals surface area contributed by atoms with E-state index in [-0.39, 0.29) is 11.8 Å². The third kappa shape index (κ3) is 4.41. The second-order valence-electron chi connectivity index (χ2n) is 8.23. The summed E-state index contributed by atoms with van der Waals surface area (Å²) in [5.74, 6) is 0.570. The van der Waals surface area contributed by atoms with Crippen LogP contribution in [0.1, 0.15) is 28.8 Å². The Bertz CT molecular complexity index is 1100.